The maximum atomic E-state index is 5.80. The van der Waals surface area contributed by atoms with Crippen molar-refractivity contribution >= 4 is 30.2 Å². The van der Waals surface area contributed by atoms with Crippen LogP contribution in [-0.4, -0.2) is 31.6 Å². The Kier molecular flexibility index (Phi) is 6.75. The van der Waals surface area contributed by atoms with Gasteiger partial charge in [0.1, 0.15) is 6.10 Å². The first-order valence-corrected chi connectivity index (χ1v) is 9.23. The molecule has 1 rings (SSSR count). The van der Waals surface area contributed by atoms with Crippen LogP contribution in [0.1, 0.15) is 32.6 Å². The van der Waals surface area contributed by atoms with Crippen molar-refractivity contribution in [2.24, 2.45) is 11.8 Å². The maximum absolute atomic E-state index is 5.80. The van der Waals surface area contributed by atoms with E-state index in [2.05, 4.69) is 25.9 Å². The van der Waals surface area contributed by atoms with Crippen LogP contribution in [0.3, 0.4) is 0 Å². The van der Waals surface area contributed by atoms with Crippen LogP contribution in [0.15, 0.2) is 0 Å². The van der Waals surface area contributed by atoms with Gasteiger partial charge < -0.3 is 17.1 Å². The fraction of sp³-hybridized carbons (Fsp3) is 1.00. The third-order valence-electron chi connectivity index (χ3n) is 3.27. The fourth-order valence-electron chi connectivity index (χ4n) is 2.56. The minimum absolute atomic E-state index is 0.249. The Morgan fingerprint density at radius 1 is 1.50 bits per heavy atom. The molecule has 0 saturated heterocycles. The summed E-state index contributed by atoms with van der Waals surface area (Å²) in [7, 11) is 4.16. The topological polar surface area (TPSA) is 12.5 Å². The average Bonchev–Trinajstić information content (AvgIpc) is 2.15. The summed E-state index contributed by atoms with van der Waals surface area (Å²) in [6, 6.07) is 0. The minimum Gasteiger partial charge on any atom is -0.441 e. The van der Waals surface area contributed by atoms with Gasteiger partial charge in [-0.3, -0.25) is 0 Å². The molecule has 0 aromatic carbocycles. The van der Waals surface area contributed by atoms with Crippen molar-refractivity contribution in [3.63, 3.8) is 0 Å². The third kappa shape index (κ3) is 5.42. The first-order chi connectivity index (χ1) is 7.49. The molecule has 0 bridgehead atoms. The van der Waals surface area contributed by atoms with Gasteiger partial charge in [0.05, 0.1) is 0 Å². The van der Waals surface area contributed by atoms with Crippen molar-refractivity contribution in [3.05, 3.63) is 0 Å². The smallest absolute Gasteiger partial charge is 0.201 e. The van der Waals surface area contributed by atoms with Crippen molar-refractivity contribution < 1.29 is 4.52 Å². The molecule has 0 radical (unpaired) electrons. The third-order valence-corrected chi connectivity index (χ3v) is 4.23. The second-order valence-electron chi connectivity index (χ2n) is 5.16. The van der Waals surface area contributed by atoms with E-state index in [0.29, 0.717) is 5.92 Å². The summed E-state index contributed by atoms with van der Waals surface area (Å²) in [5, 5.41) is 0. The minimum atomic E-state index is -1.07. The summed E-state index contributed by atoms with van der Waals surface area (Å²) in [5.74, 6) is 1.48. The zero-order chi connectivity index (χ0) is 12.1. The lowest BCUT2D eigenvalue weighted by molar-refractivity contribution is 0.0851. The molecule has 0 aliphatic heterocycles. The summed E-state index contributed by atoms with van der Waals surface area (Å²) >= 11 is 10.1. The lowest BCUT2D eigenvalue weighted by atomic mass is 9.79. The predicted molar refractivity (Wildman–Crippen MR) is 76.2 cm³/mol. The van der Waals surface area contributed by atoms with Gasteiger partial charge in [0.2, 0.25) is 6.13 Å². The molecule has 1 aliphatic carbocycles. The number of hydrogen-bond acceptors (Lipinski definition) is 4. The second-order valence-corrected chi connectivity index (χ2v) is 8.50. The highest BCUT2D eigenvalue weighted by atomic mass is 32.9. The highest BCUT2D eigenvalue weighted by Crippen LogP contribution is 2.35. The van der Waals surface area contributed by atoms with Gasteiger partial charge in [-0.05, 0) is 38.8 Å². The van der Waals surface area contributed by atoms with Crippen molar-refractivity contribution in [3.8, 4) is 0 Å². The Morgan fingerprint density at radius 3 is 2.69 bits per heavy atom. The van der Waals surface area contributed by atoms with Crippen LogP contribution < -0.4 is 0 Å². The van der Waals surface area contributed by atoms with Crippen molar-refractivity contribution in [1.82, 2.24) is 4.90 Å². The zero-order valence-corrected chi connectivity index (χ0v) is 12.9. The van der Waals surface area contributed by atoms with E-state index in [0.717, 1.165) is 12.5 Å². The summed E-state index contributed by atoms with van der Waals surface area (Å²) in [6.45, 7) is 3.28. The molecule has 0 amide bonds. The van der Waals surface area contributed by atoms with E-state index in [9.17, 15) is 0 Å². The molecule has 94 valence electrons. The molecule has 4 atom stereocenters. The average molecular weight is 279 g/mol. The number of rotatable bonds is 5. The van der Waals surface area contributed by atoms with Gasteiger partial charge in [0.15, 0.2) is 11.8 Å². The molecule has 4 unspecified atom stereocenters. The second kappa shape index (κ2) is 7.27. The number of likely N-dealkylation sites (N-methyl/N-ethyl adjacent to an activating group) is 1. The lowest BCUT2D eigenvalue weighted by Gasteiger charge is -2.32. The summed E-state index contributed by atoms with van der Waals surface area (Å²) in [4.78, 5) is 2.17. The number of nitrogens with zero attached hydrogens (tertiary/aromatic N) is 1. The van der Waals surface area contributed by atoms with Crippen molar-refractivity contribution in [2.75, 3.05) is 20.6 Å². The van der Waals surface area contributed by atoms with Gasteiger partial charge in [0.25, 0.3) is 0 Å². The van der Waals surface area contributed by atoms with E-state index >= 15 is 0 Å². The molecule has 0 heterocycles. The molecular formula is C11H22NOPS2. The number of hydrogen-bond donors (Lipinski definition) is 0. The predicted octanol–water partition coefficient (Wildman–Crippen LogP) is 3.08. The first-order valence-electron chi connectivity index (χ1n) is 5.95. The lowest BCUT2D eigenvalue weighted by Crippen LogP contribution is -2.35. The van der Waals surface area contributed by atoms with Crippen LogP contribution in [-0.2, 0) is 28.6 Å². The Bertz CT molecular complexity index is 238. The highest BCUT2D eigenvalue weighted by molar-refractivity contribution is 8.45. The molecule has 1 fully saturated rings. The highest BCUT2D eigenvalue weighted by Gasteiger charge is 2.30. The van der Waals surface area contributed by atoms with E-state index in [1.807, 2.05) is 0 Å². The van der Waals surface area contributed by atoms with Gasteiger partial charge >= 0.3 is 0 Å². The van der Waals surface area contributed by atoms with Gasteiger partial charge in [-0.15, -0.1) is 0 Å². The van der Waals surface area contributed by atoms with Crippen molar-refractivity contribution in [2.45, 2.75) is 38.7 Å². The van der Waals surface area contributed by atoms with Gasteiger partial charge in [0, 0.05) is 6.54 Å². The molecule has 0 spiro atoms. The molecule has 1 saturated carbocycles. The van der Waals surface area contributed by atoms with Crippen LogP contribution in [0.5, 0.6) is 0 Å². The molecule has 5 heteroatoms. The molecular weight excluding hydrogens is 257 g/mol. The molecule has 1 aliphatic rings. The normalized spacial score (nSPS) is 29.2. The van der Waals surface area contributed by atoms with Crippen LogP contribution in [0.25, 0.3) is 0 Å². The Hall–Kier alpha value is 0.790. The molecule has 0 aromatic rings. The Balaban J connectivity index is 2.55. The van der Waals surface area contributed by atoms with Crippen molar-refractivity contribution in [1.29, 1.82) is 0 Å². The standard InChI is InChI=1S/C11H22NOPS2/c1-9-5-4-6-10(7-9)11(8-12(2)3)13-14(15)16/h9-11H,4-8H2,1-3H3. The van der Waals surface area contributed by atoms with Crippen LogP contribution in [0, 0.1) is 11.8 Å². The largest absolute Gasteiger partial charge is 0.441 e. The Morgan fingerprint density at radius 2 is 2.19 bits per heavy atom. The first kappa shape index (κ1) is 14.8. The van der Waals surface area contributed by atoms with Crippen LogP contribution in [0.2, 0.25) is 0 Å². The molecule has 0 aromatic heterocycles. The van der Waals surface area contributed by atoms with Gasteiger partial charge in [-0.2, -0.15) is 4.52 Å². The van der Waals surface area contributed by atoms with E-state index in [1.54, 1.807) is 0 Å². The fourth-order valence-corrected chi connectivity index (χ4v) is 3.68. The van der Waals surface area contributed by atoms with Gasteiger partial charge in [-0.25, -0.2) is 0 Å². The summed E-state index contributed by atoms with van der Waals surface area (Å²) in [6.07, 6.45) is 4.41. The summed E-state index contributed by atoms with van der Waals surface area (Å²) in [5.41, 5.74) is 0. The van der Waals surface area contributed by atoms with E-state index in [-0.39, 0.29) is 6.10 Å². The maximum Gasteiger partial charge on any atom is 0.201 e. The van der Waals surface area contributed by atoms with Crippen LogP contribution >= 0.6 is 6.13 Å². The molecule has 0 N–H and O–H groups in total. The van der Waals surface area contributed by atoms with E-state index in [4.69, 9.17) is 28.6 Å². The quantitative estimate of drug-likeness (QED) is 0.566. The van der Waals surface area contributed by atoms with E-state index in [1.165, 1.54) is 25.7 Å². The Labute approximate surface area is 111 Å². The molecule has 16 heavy (non-hydrogen) atoms. The summed E-state index contributed by atoms with van der Waals surface area (Å²) < 4.78 is 5.80. The SMILES string of the molecule is CC1CCCC(C(CN(C)C)O[P+](=S)[S-])C1. The molecule has 2 nitrogen and oxygen atoms in total. The zero-order valence-electron chi connectivity index (χ0n) is 10.4. The van der Waals surface area contributed by atoms with Gasteiger partial charge in [-0.1, -0.05) is 19.8 Å². The monoisotopic (exact) mass is 279 g/mol. The van der Waals surface area contributed by atoms with E-state index < -0.39 is 6.13 Å². The van der Waals surface area contributed by atoms with Crippen LogP contribution in [0.4, 0.5) is 0 Å².